The maximum absolute atomic E-state index is 12.8. The lowest BCUT2D eigenvalue weighted by atomic mass is 10.1. The summed E-state index contributed by atoms with van der Waals surface area (Å²) in [4.78, 5) is 4.37. The SMILES string of the molecule is CC(C)c1sc(C(F)(F)F)nc1-c1cccc(Cl)c1. The van der Waals surface area contributed by atoms with Gasteiger partial charge in [-0.05, 0) is 18.1 Å². The van der Waals surface area contributed by atoms with E-state index in [1.54, 1.807) is 24.3 Å². The van der Waals surface area contributed by atoms with Crippen molar-refractivity contribution in [2.45, 2.75) is 25.9 Å². The van der Waals surface area contributed by atoms with Crippen molar-refractivity contribution in [2.24, 2.45) is 0 Å². The third-order valence-corrected chi connectivity index (χ3v) is 4.15. The first-order chi connectivity index (χ1) is 8.79. The lowest BCUT2D eigenvalue weighted by molar-refractivity contribution is -0.137. The normalized spacial score (nSPS) is 12.2. The maximum Gasteiger partial charge on any atom is 0.443 e. The predicted octanol–water partition coefficient (Wildman–Crippen LogP) is 5.61. The molecule has 0 amide bonds. The number of thiazole rings is 1. The van der Waals surface area contributed by atoms with E-state index in [1.807, 2.05) is 13.8 Å². The zero-order chi connectivity index (χ0) is 14.2. The topological polar surface area (TPSA) is 12.9 Å². The second-order valence-corrected chi connectivity index (χ2v) is 5.86. The number of halogens is 4. The molecule has 0 atom stereocenters. The van der Waals surface area contributed by atoms with Crippen molar-refractivity contribution in [3.05, 3.63) is 39.2 Å². The summed E-state index contributed by atoms with van der Waals surface area (Å²) in [6.45, 7) is 3.70. The fourth-order valence-corrected chi connectivity index (χ4v) is 2.83. The minimum Gasteiger partial charge on any atom is -0.232 e. The van der Waals surface area contributed by atoms with Crippen LogP contribution in [0.1, 0.15) is 29.7 Å². The molecule has 19 heavy (non-hydrogen) atoms. The molecule has 0 spiro atoms. The number of benzene rings is 1. The standard InChI is InChI=1S/C13H11ClF3NS/c1-7(2)11-10(8-4-3-5-9(14)6-8)18-12(19-11)13(15,16)17/h3-7H,1-2H3. The highest BCUT2D eigenvalue weighted by molar-refractivity contribution is 7.12. The number of aromatic nitrogens is 1. The molecule has 1 aromatic heterocycles. The number of alkyl halides is 3. The van der Waals surface area contributed by atoms with E-state index in [0.29, 0.717) is 32.5 Å². The van der Waals surface area contributed by atoms with Crippen molar-refractivity contribution >= 4 is 22.9 Å². The van der Waals surface area contributed by atoms with E-state index >= 15 is 0 Å². The third-order valence-electron chi connectivity index (χ3n) is 2.52. The number of hydrogen-bond donors (Lipinski definition) is 0. The summed E-state index contributed by atoms with van der Waals surface area (Å²) in [5.74, 6) is -0.0254. The molecule has 0 unspecified atom stereocenters. The molecule has 2 aromatic rings. The van der Waals surface area contributed by atoms with Crippen molar-refractivity contribution in [2.75, 3.05) is 0 Å². The Morgan fingerprint density at radius 1 is 1.26 bits per heavy atom. The summed E-state index contributed by atoms with van der Waals surface area (Å²) >= 11 is 6.57. The molecule has 1 aromatic carbocycles. The van der Waals surface area contributed by atoms with Gasteiger partial charge in [0.2, 0.25) is 0 Å². The van der Waals surface area contributed by atoms with Gasteiger partial charge in [0.05, 0.1) is 5.69 Å². The van der Waals surface area contributed by atoms with E-state index in [4.69, 9.17) is 11.6 Å². The smallest absolute Gasteiger partial charge is 0.232 e. The third kappa shape index (κ3) is 3.09. The van der Waals surface area contributed by atoms with Gasteiger partial charge >= 0.3 is 6.18 Å². The predicted molar refractivity (Wildman–Crippen MR) is 71.7 cm³/mol. The highest BCUT2D eigenvalue weighted by Gasteiger charge is 2.36. The van der Waals surface area contributed by atoms with Crippen LogP contribution in [-0.2, 0) is 6.18 Å². The summed E-state index contributed by atoms with van der Waals surface area (Å²) in [5, 5.41) is -0.333. The van der Waals surface area contributed by atoms with Crippen LogP contribution in [0.3, 0.4) is 0 Å². The lowest BCUT2D eigenvalue weighted by Gasteiger charge is -2.05. The molecule has 0 radical (unpaired) electrons. The molecule has 2 rings (SSSR count). The molecular weight excluding hydrogens is 295 g/mol. The lowest BCUT2D eigenvalue weighted by Crippen LogP contribution is -2.03. The van der Waals surface area contributed by atoms with Crippen LogP contribution in [-0.4, -0.2) is 4.98 Å². The van der Waals surface area contributed by atoms with Gasteiger partial charge in [-0.3, -0.25) is 0 Å². The molecule has 1 heterocycles. The number of nitrogens with zero attached hydrogens (tertiary/aromatic N) is 1. The molecule has 102 valence electrons. The van der Waals surface area contributed by atoms with Gasteiger partial charge < -0.3 is 0 Å². The molecule has 6 heteroatoms. The van der Waals surface area contributed by atoms with Crippen LogP contribution in [0, 0.1) is 0 Å². The maximum atomic E-state index is 12.8. The Bertz CT molecular complexity index is 590. The molecule has 0 N–H and O–H groups in total. The minimum atomic E-state index is -4.41. The first-order valence-electron chi connectivity index (χ1n) is 5.63. The van der Waals surface area contributed by atoms with E-state index < -0.39 is 11.2 Å². The van der Waals surface area contributed by atoms with E-state index in [1.165, 1.54) is 0 Å². The Balaban J connectivity index is 2.59. The van der Waals surface area contributed by atoms with Gasteiger partial charge in [-0.25, -0.2) is 4.98 Å². The van der Waals surface area contributed by atoms with Crippen LogP contribution in [0.4, 0.5) is 13.2 Å². The Morgan fingerprint density at radius 3 is 2.47 bits per heavy atom. The monoisotopic (exact) mass is 305 g/mol. The first-order valence-corrected chi connectivity index (χ1v) is 6.82. The fourth-order valence-electron chi connectivity index (χ4n) is 1.69. The van der Waals surface area contributed by atoms with E-state index in [0.717, 1.165) is 0 Å². The van der Waals surface area contributed by atoms with Crippen LogP contribution in [0.25, 0.3) is 11.3 Å². The molecule has 0 fully saturated rings. The molecule has 0 aliphatic heterocycles. The van der Waals surface area contributed by atoms with Gasteiger partial charge in [-0.2, -0.15) is 13.2 Å². The Hall–Kier alpha value is -1.07. The summed E-state index contributed by atoms with van der Waals surface area (Å²) < 4.78 is 38.3. The molecule has 0 saturated carbocycles. The van der Waals surface area contributed by atoms with Gasteiger partial charge in [0.25, 0.3) is 0 Å². The summed E-state index contributed by atoms with van der Waals surface area (Å²) in [6, 6.07) is 6.72. The van der Waals surface area contributed by atoms with E-state index in [-0.39, 0.29) is 5.92 Å². The van der Waals surface area contributed by atoms with E-state index in [9.17, 15) is 13.2 Å². The number of hydrogen-bond acceptors (Lipinski definition) is 2. The average molecular weight is 306 g/mol. The molecule has 1 nitrogen and oxygen atoms in total. The van der Waals surface area contributed by atoms with Crippen LogP contribution in [0.2, 0.25) is 5.02 Å². The molecular formula is C13H11ClF3NS. The number of rotatable bonds is 2. The zero-order valence-corrected chi connectivity index (χ0v) is 11.8. The molecule has 0 aliphatic rings. The van der Waals surface area contributed by atoms with Crippen LogP contribution in [0.5, 0.6) is 0 Å². The quantitative estimate of drug-likeness (QED) is 0.703. The molecule has 0 saturated heterocycles. The van der Waals surface area contributed by atoms with Crippen LogP contribution >= 0.6 is 22.9 Å². The van der Waals surface area contributed by atoms with Gasteiger partial charge in [0, 0.05) is 15.5 Å². The largest absolute Gasteiger partial charge is 0.443 e. The van der Waals surface area contributed by atoms with Gasteiger partial charge in [-0.15, -0.1) is 11.3 Å². The highest BCUT2D eigenvalue weighted by atomic mass is 35.5. The van der Waals surface area contributed by atoms with Gasteiger partial charge in [0.15, 0.2) is 5.01 Å². The van der Waals surface area contributed by atoms with Crippen molar-refractivity contribution < 1.29 is 13.2 Å². The van der Waals surface area contributed by atoms with Crippen molar-refractivity contribution in [1.82, 2.24) is 4.98 Å². The van der Waals surface area contributed by atoms with Gasteiger partial charge in [0.1, 0.15) is 0 Å². The second-order valence-electron chi connectivity index (χ2n) is 4.39. The van der Waals surface area contributed by atoms with Crippen molar-refractivity contribution in [1.29, 1.82) is 0 Å². The van der Waals surface area contributed by atoms with Crippen molar-refractivity contribution in [3.63, 3.8) is 0 Å². The highest BCUT2D eigenvalue weighted by Crippen LogP contribution is 2.40. The van der Waals surface area contributed by atoms with Crippen molar-refractivity contribution in [3.8, 4) is 11.3 Å². The Labute approximate surface area is 118 Å². The minimum absolute atomic E-state index is 0.0254. The fraction of sp³-hybridized carbons (Fsp3) is 0.308. The summed E-state index contributed by atoms with van der Waals surface area (Å²) in [7, 11) is 0. The summed E-state index contributed by atoms with van der Waals surface area (Å²) in [5.41, 5.74) is 0.984. The zero-order valence-electron chi connectivity index (χ0n) is 10.3. The Morgan fingerprint density at radius 2 is 1.95 bits per heavy atom. The van der Waals surface area contributed by atoms with E-state index in [2.05, 4.69) is 4.98 Å². The molecule has 0 bridgehead atoms. The summed E-state index contributed by atoms with van der Waals surface area (Å²) in [6.07, 6.45) is -4.41. The van der Waals surface area contributed by atoms with Crippen LogP contribution < -0.4 is 0 Å². The molecule has 0 aliphatic carbocycles. The Kier molecular flexibility index (Phi) is 3.87. The van der Waals surface area contributed by atoms with Crippen LogP contribution in [0.15, 0.2) is 24.3 Å². The average Bonchev–Trinajstić information content (AvgIpc) is 2.73. The van der Waals surface area contributed by atoms with Gasteiger partial charge in [-0.1, -0.05) is 37.6 Å². The second kappa shape index (κ2) is 5.13. The first kappa shape index (κ1) is 14.3.